The number of methoxy groups -OCH3 is 1. The zero-order chi connectivity index (χ0) is 14.8. The van der Waals surface area contributed by atoms with E-state index in [0.29, 0.717) is 23.7 Å². The van der Waals surface area contributed by atoms with Gasteiger partial charge in [0.25, 0.3) is 0 Å². The van der Waals surface area contributed by atoms with E-state index in [0.717, 1.165) is 13.0 Å². The minimum absolute atomic E-state index is 0.0924. The lowest BCUT2D eigenvalue weighted by Gasteiger charge is -2.30. The van der Waals surface area contributed by atoms with E-state index >= 15 is 0 Å². The van der Waals surface area contributed by atoms with Crippen LogP contribution >= 0.6 is 0 Å². The zero-order valence-corrected chi connectivity index (χ0v) is 11.8. The fraction of sp³-hybridized carbons (Fsp3) is 0.400. The summed E-state index contributed by atoms with van der Waals surface area (Å²) in [5, 5.41) is 13.3. The number of aliphatic hydroxyl groups is 1. The Morgan fingerprint density at radius 1 is 1.48 bits per heavy atom. The first-order valence-electron chi connectivity index (χ1n) is 6.96. The first-order chi connectivity index (χ1) is 10.2. The van der Waals surface area contributed by atoms with E-state index in [-0.39, 0.29) is 11.9 Å². The highest BCUT2D eigenvalue weighted by Crippen LogP contribution is 2.29. The standard InChI is InChI=1S/C15H18FN3O2/c1-21-10-2-3-11(12(16)8-10)15-18-6-7-19(15)13-4-5-17-9-14(13)20/h2-3,6-8,13-14,17,20H,4-5,9H2,1H3/t13-,14-/m0/s1. The second-order valence-corrected chi connectivity index (χ2v) is 5.13. The monoisotopic (exact) mass is 291 g/mol. The molecule has 112 valence electrons. The predicted octanol–water partition coefficient (Wildman–Crippen LogP) is 1.59. The largest absolute Gasteiger partial charge is 0.497 e. The molecule has 1 aromatic heterocycles. The number of piperidine rings is 1. The van der Waals surface area contributed by atoms with Crippen molar-refractivity contribution in [2.75, 3.05) is 20.2 Å². The third kappa shape index (κ3) is 2.64. The summed E-state index contributed by atoms with van der Waals surface area (Å²) in [7, 11) is 1.50. The van der Waals surface area contributed by atoms with Crippen LogP contribution in [0.4, 0.5) is 4.39 Å². The minimum atomic E-state index is -0.506. The van der Waals surface area contributed by atoms with E-state index in [1.165, 1.54) is 13.2 Å². The first-order valence-corrected chi connectivity index (χ1v) is 6.96. The van der Waals surface area contributed by atoms with Crippen LogP contribution in [0.5, 0.6) is 5.75 Å². The van der Waals surface area contributed by atoms with Crippen LogP contribution in [-0.4, -0.2) is 41.0 Å². The van der Waals surface area contributed by atoms with Crippen LogP contribution < -0.4 is 10.1 Å². The van der Waals surface area contributed by atoms with Gasteiger partial charge in [-0.05, 0) is 25.1 Å². The molecule has 1 aromatic carbocycles. The van der Waals surface area contributed by atoms with Crippen LogP contribution in [0.2, 0.25) is 0 Å². The number of hydrogen-bond acceptors (Lipinski definition) is 4. The number of halogens is 1. The smallest absolute Gasteiger partial charge is 0.143 e. The molecule has 3 rings (SSSR count). The number of benzene rings is 1. The van der Waals surface area contributed by atoms with Gasteiger partial charge in [-0.2, -0.15) is 0 Å². The van der Waals surface area contributed by atoms with Gasteiger partial charge in [-0.3, -0.25) is 0 Å². The summed E-state index contributed by atoms with van der Waals surface area (Å²) in [6.45, 7) is 1.36. The van der Waals surface area contributed by atoms with Gasteiger partial charge in [0.1, 0.15) is 17.4 Å². The average molecular weight is 291 g/mol. The van der Waals surface area contributed by atoms with Gasteiger partial charge in [-0.25, -0.2) is 9.37 Å². The third-order valence-electron chi connectivity index (χ3n) is 3.86. The molecule has 0 bridgehead atoms. The molecule has 0 aliphatic carbocycles. The highest BCUT2D eigenvalue weighted by atomic mass is 19.1. The molecule has 2 heterocycles. The Morgan fingerprint density at radius 2 is 2.33 bits per heavy atom. The van der Waals surface area contributed by atoms with Gasteiger partial charge in [0.05, 0.1) is 24.8 Å². The Morgan fingerprint density at radius 3 is 3.05 bits per heavy atom. The maximum absolute atomic E-state index is 14.2. The molecule has 0 amide bonds. The van der Waals surface area contributed by atoms with Gasteiger partial charge in [0.2, 0.25) is 0 Å². The second kappa shape index (κ2) is 5.83. The fourth-order valence-corrected chi connectivity index (χ4v) is 2.75. The molecule has 1 aliphatic rings. The normalized spacial score (nSPS) is 22.2. The molecule has 0 unspecified atom stereocenters. The molecule has 2 aromatic rings. The van der Waals surface area contributed by atoms with Crippen molar-refractivity contribution < 1.29 is 14.2 Å². The van der Waals surface area contributed by atoms with E-state index in [9.17, 15) is 9.50 Å². The maximum Gasteiger partial charge on any atom is 0.143 e. The topological polar surface area (TPSA) is 59.3 Å². The van der Waals surface area contributed by atoms with E-state index in [4.69, 9.17) is 4.74 Å². The molecule has 1 saturated heterocycles. The summed E-state index contributed by atoms with van der Waals surface area (Å²) in [6, 6.07) is 4.61. The SMILES string of the molecule is COc1ccc(-c2nccn2[C@H]2CCNC[C@@H]2O)c(F)c1. The maximum atomic E-state index is 14.2. The van der Waals surface area contributed by atoms with Crippen molar-refractivity contribution in [2.24, 2.45) is 0 Å². The second-order valence-electron chi connectivity index (χ2n) is 5.13. The van der Waals surface area contributed by atoms with Gasteiger partial charge in [0, 0.05) is 25.0 Å². The van der Waals surface area contributed by atoms with Crippen LogP contribution in [0.1, 0.15) is 12.5 Å². The Labute approximate surface area is 122 Å². The molecular weight excluding hydrogens is 273 g/mol. The van der Waals surface area contributed by atoms with Crippen LogP contribution in [-0.2, 0) is 0 Å². The summed E-state index contributed by atoms with van der Waals surface area (Å²) in [5.41, 5.74) is 0.409. The number of hydrogen-bond donors (Lipinski definition) is 2. The zero-order valence-electron chi connectivity index (χ0n) is 11.8. The van der Waals surface area contributed by atoms with Crippen molar-refractivity contribution >= 4 is 0 Å². The highest BCUT2D eigenvalue weighted by molar-refractivity contribution is 5.58. The predicted molar refractivity (Wildman–Crippen MR) is 76.7 cm³/mol. The molecule has 0 spiro atoms. The lowest BCUT2D eigenvalue weighted by Crippen LogP contribution is -2.41. The molecule has 6 heteroatoms. The van der Waals surface area contributed by atoms with Crippen LogP contribution in [0.15, 0.2) is 30.6 Å². The Bertz CT molecular complexity index is 629. The summed E-state index contributed by atoms with van der Waals surface area (Å²) in [5.74, 6) is 0.614. The summed E-state index contributed by atoms with van der Waals surface area (Å²) in [6.07, 6.45) is 3.70. The van der Waals surface area contributed by atoms with Gasteiger partial charge in [-0.1, -0.05) is 0 Å². The van der Waals surface area contributed by atoms with Crippen molar-refractivity contribution in [3.63, 3.8) is 0 Å². The van der Waals surface area contributed by atoms with E-state index < -0.39 is 6.10 Å². The Kier molecular flexibility index (Phi) is 3.90. The number of aliphatic hydroxyl groups excluding tert-OH is 1. The molecule has 0 radical (unpaired) electrons. The quantitative estimate of drug-likeness (QED) is 0.901. The van der Waals surface area contributed by atoms with Crippen molar-refractivity contribution in [1.82, 2.24) is 14.9 Å². The van der Waals surface area contributed by atoms with Crippen molar-refractivity contribution in [3.05, 3.63) is 36.4 Å². The summed E-state index contributed by atoms with van der Waals surface area (Å²) in [4.78, 5) is 4.26. The lowest BCUT2D eigenvalue weighted by molar-refractivity contribution is 0.0880. The molecule has 1 fully saturated rings. The highest BCUT2D eigenvalue weighted by Gasteiger charge is 2.27. The number of β-amino-alcohol motifs (C(OH)–C–C–N with tert-alkyl or cyclic N) is 1. The lowest BCUT2D eigenvalue weighted by atomic mass is 10.0. The molecule has 0 saturated carbocycles. The van der Waals surface area contributed by atoms with Crippen molar-refractivity contribution in [3.8, 4) is 17.1 Å². The molecular formula is C15H18FN3O2. The number of ether oxygens (including phenoxy) is 1. The van der Waals surface area contributed by atoms with E-state index in [1.807, 2.05) is 4.57 Å². The van der Waals surface area contributed by atoms with Crippen molar-refractivity contribution in [1.29, 1.82) is 0 Å². The Balaban J connectivity index is 1.98. The summed E-state index contributed by atoms with van der Waals surface area (Å²) < 4.78 is 21.1. The number of imidazole rings is 1. The molecule has 1 aliphatic heterocycles. The minimum Gasteiger partial charge on any atom is -0.497 e. The van der Waals surface area contributed by atoms with Crippen LogP contribution in [0, 0.1) is 5.82 Å². The third-order valence-corrected chi connectivity index (χ3v) is 3.86. The summed E-state index contributed by atoms with van der Waals surface area (Å²) >= 11 is 0. The van der Waals surface area contributed by atoms with E-state index in [1.54, 1.807) is 24.5 Å². The average Bonchev–Trinajstić information content (AvgIpc) is 2.96. The van der Waals surface area contributed by atoms with Crippen molar-refractivity contribution in [2.45, 2.75) is 18.6 Å². The number of nitrogens with zero attached hydrogens (tertiary/aromatic N) is 2. The molecule has 21 heavy (non-hydrogen) atoms. The molecule has 2 atom stereocenters. The Hall–Kier alpha value is -1.92. The number of rotatable bonds is 3. The molecule has 2 N–H and O–H groups in total. The molecule has 5 nitrogen and oxygen atoms in total. The fourth-order valence-electron chi connectivity index (χ4n) is 2.75. The number of aromatic nitrogens is 2. The van der Waals surface area contributed by atoms with Gasteiger partial charge in [-0.15, -0.1) is 0 Å². The van der Waals surface area contributed by atoms with Gasteiger partial charge < -0.3 is 19.7 Å². The van der Waals surface area contributed by atoms with Gasteiger partial charge in [0.15, 0.2) is 0 Å². The van der Waals surface area contributed by atoms with Crippen LogP contribution in [0.25, 0.3) is 11.4 Å². The first kappa shape index (κ1) is 14.0. The van der Waals surface area contributed by atoms with Crippen LogP contribution in [0.3, 0.4) is 0 Å². The number of nitrogens with one attached hydrogen (secondary N) is 1. The van der Waals surface area contributed by atoms with Gasteiger partial charge >= 0.3 is 0 Å². The van der Waals surface area contributed by atoms with E-state index in [2.05, 4.69) is 10.3 Å².